The van der Waals surface area contributed by atoms with E-state index in [2.05, 4.69) is 4.98 Å². The average Bonchev–Trinajstić information content (AvgIpc) is 2.31. The van der Waals surface area contributed by atoms with E-state index in [9.17, 15) is 4.79 Å². The van der Waals surface area contributed by atoms with Crippen molar-refractivity contribution in [2.45, 2.75) is 13.5 Å². The molecule has 0 aliphatic heterocycles. The smallest absolute Gasteiger partial charge is 0.302 e. The number of hydrogen-bond donors (Lipinski definition) is 0. The van der Waals surface area contributed by atoms with Gasteiger partial charge in [-0.2, -0.15) is 0 Å². The maximum Gasteiger partial charge on any atom is 0.302 e. The lowest BCUT2D eigenvalue weighted by Gasteiger charge is -1.95. The Balaban J connectivity index is 2.45. The van der Waals surface area contributed by atoms with Crippen LogP contribution in [0, 0.1) is 0 Å². The summed E-state index contributed by atoms with van der Waals surface area (Å²) in [5.74, 6) is -0.297. The molecule has 0 atom stereocenters. The van der Waals surface area contributed by atoms with Gasteiger partial charge in [0.05, 0.1) is 4.88 Å². The molecule has 0 radical (unpaired) electrons. The number of hydrogen-bond acceptors (Lipinski definition) is 4. The van der Waals surface area contributed by atoms with E-state index in [-0.39, 0.29) is 12.6 Å². The van der Waals surface area contributed by atoms with Crippen LogP contribution in [0.3, 0.4) is 0 Å². The molecule has 1 rings (SSSR count). The molecule has 0 aromatic carbocycles. The van der Waals surface area contributed by atoms with Crippen molar-refractivity contribution in [2.75, 3.05) is 0 Å². The van der Waals surface area contributed by atoms with Crippen LogP contribution in [0.1, 0.15) is 11.8 Å². The van der Waals surface area contributed by atoms with Crippen molar-refractivity contribution in [1.82, 2.24) is 4.98 Å². The van der Waals surface area contributed by atoms with Crippen LogP contribution in [-0.4, -0.2) is 11.0 Å². The van der Waals surface area contributed by atoms with Crippen molar-refractivity contribution in [3.05, 3.63) is 15.5 Å². The van der Waals surface area contributed by atoms with Crippen molar-refractivity contribution in [2.24, 2.45) is 0 Å². The predicted octanol–water partition coefficient (Wildman–Crippen LogP) is 1.86. The number of carbonyl (C=O) groups is 1. The lowest BCUT2D eigenvalue weighted by atomic mass is 10.6. The molecule has 0 amide bonds. The normalized spacial score (nSPS) is 9.64. The molecule has 0 saturated carbocycles. The molecule has 0 N–H and O–H groups in total. The second-order valence-electron chi connectivity index (χ2n) is 1.86. The first-order valence-corrected chi connectivity index (χ1v) is 4.11. The van der Waals surface area contributed by atoms with Gasteiger partial charge < -0.3 is 4.74 Å². The van der Waals surface area contributed by atoms with Gasteiger partial charge in [-0.15, -0.1) is 11.3 Å². The lowest BCUT2D eigenvalue weighted by molar-refractivity contribution is -0.142. The third kappa shape index (κ3) is 2.86. The molecule has 0 spiro atoms. The fourth-order valence-electron chi connectivity index (χ4n) is 0.523. The van der Waals surface area contributed by atoms with Crippen molar-refractivity contribution >= 4 is 28.9 Å². The Labute approximate surface area is 73.0 Å². The molecule has 3 nitrogen and oxygen atoms in total. The number of nitrogens with zero attached hydrogens (tertiary/aromatic N) is 1. The quantitative estimate of drug-likeness (QED) is 0.670. The van der Waals surface area contributed by atoms with E-state index in [0.29, 0.717) is 4.47 Å². The molecule has 5 heteroatoms. The Morgan fingerprint density at radius 3 is 3.09 bits per heavy atom. The molecule has 0 fully saturated rings. The van der Waals surface area contributed by atoms with Crippen LogP contribution in [0.2, 0.25) is 4.47 Å². The Morgan fingerprint density at radius 2 is 2.64 bits per heavy atom. The number of thiazole rings is 1. The zero-order valence-electron chi connectivity index (χ0n) is 5.83. The van der Waals surface area contributed by atoms with E-state index in [1.807, 2.05) is 0 Å². The highest BCUT2D eigenvalue weighted by atomic mass is 35.5. The lowest BCUT2D eigenvalue weighted by Crippen LogP contribution is -1.96. The van der Waals surface area contributed by atoms with Gasteiger partial charge in [-0.3, -0.25) is 4.79 Å². The molecule has 1 heterocycles. The molecular formula is C6H6ClNO2S. The van der Waals surface area contributed by atoms with Gasteiger partial charge in [-0.05, 0) is 0 Å². The average molecular weight is 192 g/mol. The molecule has 1 aromatic heterocycles. The number of rotatable bonds is 2. The van der Waals surface area contributed by atoms with Gasteiger partial charge in [0.1, 0.15) is 6.61 Å². The predicted molar refractivity (Wildman–Crippen MR) is 42.6 cm³/mol. The van der Waals surface area contributed by atoms with Crippen LogP contribution in [0.5, 0.6) is 0 Å². The van der Waals surface area contributed by atoms with Gasteiger partial charge >= 0.3 is 5.97 Å². The summed E-state index contributed by atoms with van der Waals surface area (Å²) in [6.45, 7) is 1.63. The largest absolute Gasteiger partial charge is 0.460 e. The summed E-state index contributed by atoms with van der Waals surface area (Å²) in [6.07, 6.45) is 1.59. The maximum absolute atomic E-state index is 10.4. The van der Waals surface area contributed by atoms with Crippen molar-refractivity contribution in [1.29, 1.82) is 0 Å². The minimum atomic E-state index is -0.297. The molecule has 60 valence electrons. The standard InChI is InChI=1S/C6H6ClNO2S/c1-4(9)10-3-5-2-8-6(7)11-5/h2H,3H2,1H3. The van der Waals surface area contributed by atoms with Crippen LogP contribution in [-0.2, 0) is 16.1 Å². The summed E-state index contributed by atoms with van der Waals surface area (Å²) in [5.41, 5.74) is 0. The Bertz CT molecular complexity index is 261. The van der Waals surface area contributed by atoms with Crippen molar-refractivity contribution in [3.8, 4) is 0 Å². The number of halogens is 1. The molecule has 11 heavy (non-hydrogen) atoms. The van der Waals surface area contributed by atoms with Gasteiger partial charge in [-0.1, -0.05) is 11.6 Å². The topological polar surface area (TPSA) is 39.2 Å². The molecule has 0 aliphatic carbocycles. The molecule has 0 aliphatic rings. The van der Waals surface area contributed by atoms with Gasteiger partial charge in [0.15, 0.2) is 4.47 Å². The van der Waals surface area contributed by atoms with E-state index in [4.69, 9.17) is 16.3 Å². The second kappa shape index (κ2) is 3.69. The van der Waals surface area contributed by atoms with E-state index in [1.165, 1.54) is 18.3 Å². The molecule has 0 unspecified atom stereocenters. The SMILES string of the molecule is CC(=O)OCc1cnc(Cl)s1. The fourth-order valence-corrected chi connectivity index (χ4v) is 1.41. The van der Waals surface area contributed by atoms with E-state index < -0.39 is 0 Å². The molecule has 0 bridgehead atoms. The monoisotopic (exact) mass is 191 g/mol. The van der Waals surface area contributed by atoms with E-state index >= 15 is 0 Å². The molecule has 0 saturated heterocycles. The Morgan fingerprint density at radius 1 is 1.91 bits per heavy atom. The summed E-state index contributed by atoms with van der Waals surface area (Å²) in [4.78, 5) is 15.0. The number of aromatic nitrogens is 1. The number of carbonyl (C=O) groups excluding carboxylic acids is 1. The highest BCUT2D eigenvalue weighted by Gasteiger charge is 2.00. The minimum absolute atomic E-state index is 0.264. The van der Waals surface area contributed by atoms with Gasteiger partial charge in [0.25, 0.3) is 0 Å². The van der Waals surface area contributed by atoms with Crippen LogP contribution in [0.4, 0.5) is 0 Å². The first-order chi connectivity index (χ1) is 5.18. The summed E-state index contributed by atoms with van der Waals surface area (Å²) < 4.78 is 5.18. The minimum Gasteiger partial charge on any atom is -0.460 e. The zero-order chi connectivity index (χ0) is 8.27. The van der Waals surface area contributed by atoms with Crippen molar-refractivity contribution in [3.63, 3.8) is 0 Å². The highest BCUT2D eigenvalue weighted by Crippen LogP contribution is 2.18. The van der Waals surface area contributed by atoms with Gasteiger partial charge in [0, 0.05) is 13.1 Å². The summed E-state index contributed by atoms with van der Waals surface area (Å²) in [6, 6.07) is 0. The third-order valence-corrected chi connectivity index (χ3v) is 2.03. The fraction of sp³-hybridized carbons (Fsp3) is 0.333. The molecular weight excluding hydrogens is 186 g/mol. The zero-order valence-corrected chi connectivity index (χ0v) is 7.41. The van der Waals surface area contributed by atoms with Crippen LogP contribution >= 0.6 is 22.9 Å². The first kappa shape index (κ1) is 8.49. The Kier molecular flexibility index (Phi) is 2.84. The van der Waals surface area contributed by atoms with Crippen LogP contribution in [0.25, 0.3) is 0 Å². The van der Waals surface area contributed by atoms with Crippen LogP contribution < -0.4 is 0 Å². The van der Waals surface area contributed by atoms with Gasteiger partial charge in [0.2, 0.25) is 0 Å². The summed E-state index contributed by atoms with van der Waals surface area (Å²) in [5, 5.41) is 0. The van der Waals surface area contributed by atoms with Gasteiger partial charge in [-0.25, -0.2) is 4.98 Å². The third-order valence-electron chi connectivity index (χ3n) is 0.943. The van der Waals surface area contributed by atoms with Crippen LogP contribution in [0.15, 0.2) is 6.20 Å². The second-order valence-corrected chi connectivity index (χ2v) is 3.56. The van der Waals surface area contributed by atoms with E-state index in [0.717, 1.165) is 4.88 Å². The summed E-state index contributed by atoms with van der Waals surface area (Å²) >= 11 is 6.85. The number of esters is 1. The first-order valence-electron chi connectivity index (χ1n) is 2.92. The van der Waals surface area contributed by atoms with E-state index in [1.54, 1.807) is 6.20 Å². The van der Waals surface area contributed by atoms with Crippen molar-refractivity contribution < 1.29 is 9.53 Å². The maximum atomic E-state index is 10.4. The molecule has 1 aromatic rings. The Hall–Kier alpha value is -0.610. The number of ether oxygens (including phenoxy) is 1. The summed E-state index contributed by atoms with van der Waals surface area (Å²) in [7, 11) is 0. The highest BCUT2D eigenvalue weighted by molar-refractivity contribution is 7.15.